The molecular weight excluding hydrogens is 310 g/mol. The number of hydrogen-bond donors (Lipinski definition) is 1. The highest BCUT2D eigenvalue weighted by atomic mass is 79.9. The Labute approximate surface area is 111 Å². The maximum Gasteiger partial charge on any atom is 0.142 e. The minimum Gasteiger partial charge on any atom is -0.383 e. The van der Waals surface area contributed by atoms with Gasteiger partial charge in [-0.05, 0) is 40.2 Å². The summed E-state index contributed by atoms with van der Waals surface area (Å²) in [5.74, 6) is 0.437. The largest absolute Gasteiger partial charge is 0.383 e. The first-order valence-corrected chi connectivity index (χ1v) is 6.35. The van der Waals surface area contributed by atoms with E-state index in [2.05, 4.69) is 25.9 Å². The summed E-state index contributed by atoms with van der Waals surface area (Å²) in [5, 5.41) is 1.50. The molecule has 0 aliphatic heterocycles. The van der Waals surface area contributed by atoms with E-state index in [4.69, 9.17) is 17.3 Å². The van der Waals surface area contributed by atoms with E-state index in [0.29, 0.717) is 10.8 Å². The Bertz CT molecular complexity index is 504. The Hall–Kier alpha value is -0.780. The third-order valence-corrected chi connectivity index (χ3v) is 4.12. The number of benzene rings is 1. The molecular formula is C10H7BrClN3S. The molecule has 16 heavy (non-hydrogen) atoms. The van der Waals surface area contributed by atoms with Gasteiger partial charge in [0, 0.05) is 9.92 Å². The van der Waals surface area contributed by atoms with Crippen molar-refractivity contribution >= 4 is 45.1 Å². The normalized spacial score (nSPS) is 10.4. The summed E-state index contributed by atoms with van der Waals surface area (Å²) in [5.41, 5.74) is 5.67. The fourth-order valence-electron chi connectivity index (χ4n) is 1.05. The van der Waals surface area contributed by atoms with Crippen molar-refractivity contribution in [2.24, 2.45) is 0 Å². The van der Waals surface area contributed by atoms with Gasteiger partial charge in [0.25, 0.3) is 0 Å². The van der Waals surface area contributed by atoms with Gasteiger partial charge in [0.2, 0.25) is 0 Å². The number of nitrogens with two attached hydrogens (primary N) is 1. The van der Waals surface area contributed by atoms with Gasteiger partial charge in [0.05, 0.1) is 4.47 Å². The van der Waals surface area contributed by atoms with Crippen molar-refractivity contribution in [2.45, 2.75) is 9.92 Å². The SMILES string of the molecule is Nc1ncnc(Sc2ccc(Cl)cc2)c1Br. The lowest BCUT2D eigenvalue weighted by atomic mass is 10.4. The van der Waals surface area contributed by atoms with Crippen molar-refractivity contribution in [3.63, 3.8) is 0 Å². The third-order valence-electron chi connectivity index (χ3n) is 1.81. The molecule has 0 atom stereocenters. The number of rotatable bonds is 2. The van der Waals surface area contributed by atoms with Crippen LogP contribution in [0.15, 0.2) is 45.0 Å². The van der Waals surface area contributed by atoms with Crippen LogP contribution in [0.1, 0.15) is 0 Å². The van der Waals surface area contributed by atoms with E-state index < -0.39 is 0 Å². The molecule has 0 spiro atoms. The average molecular weight is 317 g/mol. The van der Waals surface area contributed by atoms with Crippen LogP contribution in [0.5, 0.6) is 0 Å². The Balaban J connectivity index is 2.27. The van der Waals surface area contributed by atoms with Gasteiger partial charge in [0.15, 0.2) is 0 Å². The molecule has 0 fully saturated rings. The molecule has 0 aliphatic rings. The number of anilines is 1. The molecule has 0 radical (unpaired) electrons. The van der Waals surface area contributed by atoms with E-state index in [-0.39, 0.29) is 0 Å². The lowest BCUT2D eigenvalue weighted by Gasteiger charge is -2.04. The molecule has 6 heteroatoms. The van der Waals surface area contributed by atoms with Crippen molar-refractivity contribution < 1.29 is 0 Å². The van der Waals surface area contributed by atoms with Gasteiger partial charge in [-0.25, -0.2) is 9.97 Å². The molecule has 2 rings (SSSR count). The first kappa shape index (κ1) is 11.7. The second-order valence-corrected chi connectivity index (χ2v) is 5.23. The topological polar surface area (TPSA) is 51.8 Å². The van der Waals surface area contributed by atoms with E-state index >= 15 is 0 Å². The second-order valence-electron chi connectivity index (χ2n) is 2.93. The van der Waals surface area contributed by atoms with Gasteiger partial charge in [-0.15, -0.1) is 0 Å². The predicted octanol–water partition coefficient (Wildman–Crippen LogP) is 3.63. The maximum absolute atomic E-state index is 5.81. The molecule has 3 nitrogen and oxygen atoms in total. The number of aromatic nitrogens is 2. The van der Waals surface area contributed by atoms with Gasteiger partial charge in [0.1, 0.15) is 17.2 Å². The lowest BCUT2D eigenvalue weighted by molar-refractivity contribution is 1.03. The maximum atomic E-state index is 5.81. The Morgan fingerprint density at radius 2 is 1.88 bits per heavy atom. The van der Waals surface area contributed by atoms with Crippen LogP contribution >= 0.6 is 39.3 Å². The first-order chi connectivity index (χ1) is 7.66. The summed E-state index contributed by atoms with van der Waals surface area (Å²) < 4.78 is 0.718. The highest BCUT2D eigenvalue weighted by Crippen LogP contribution is 2.33. The fraction of sp³-hybridized carbons (Fsp3) is 0. The molecule has 2 N–H and O–H groups in total. The molecule has 1 aromatic carbocycles. The number of hydrogen-bond acceptors (Lipinski definition) is 4. The van der Waals surface area contributed by atoms with Crippen LogP contribution in [0.25, 0.3) is 0 Å². The average Bonchev–Trinajstić information content (AvgIpc) is 2.28. The van der Waals surface area contributed by atoms with E-state index in [1.54, 1.807) is 0 Å². The summed E-state index contributed by atoms with van der Waals surface area (Å²) in [6, 6.07) is 7.53. The van der Waals surface area contributed by atoms with E-state index in [0.717, 1.165) is 14.4 Å². The molecule has 0 amide bonds. The van der Waals surface area contributed by atoms with Crippen LogP contribution in [-0.4, -0.2) is 9.97 Å². The van der Waals surface area contributed by atoms with Crippen LogP contribution in [0.2, 0.25) is 5.02 Å². The molecule has 0 saturated heterocycles. The zero-order chi connectivity index (χ0) is 11.5. The number of nitrogens with zero attached hydrogens (tertiary/aromatic N) is 2. The van der Waals surface area contributed by atoms with Crippen LogP contribution in [0, 0.1) is 0 Å². The molecule has 0 unspecified atom stereocenters. The second kappa shape index (κ2) is 5.03. The third kappa shape index (κ3) is 2.66. The minimum atomic E-state index is 0.437. The van der Waals surface area contributed by atoms with Gasteiger partial charge < -0.3 is 5.73 Å². The summed E-state index contributed by atoms with van der Waals surface area (Å²) >= 11 is 10.7. The summed E-state index contributed by atoms with van der Waals surface area (Å²) in [7, 11) is 0. The van der Waals surface area contributed by atoms with Gasteiger partial charge in [-0.1, -0.05) is 23.4 Å². The van der Waals surface area contributed by atoms with E-state index in [1.165, 1.54) is 18.1 Å². The summed E-state index contributed by atoms with van der Waals surface area (Å²) in [4.78, 5) is 9.07. The smallest absolute Gasteiger partial charge is 0.142 e. The zero-order valence-electron chi connectivity index (χ0n) is 8.02. The van der Waals surface area contributed by atoms with Crippen molar-refractivity contribution in [2.75, 3.05) is 5.73 Å². The molecule has 2 aromatic rings. The van der Waals surface area contributed by atoms with E-state index in [9.17, 15) is 0 Å². The van der Waals surface area contributed by atoms with Crippen LogP contribution in [0.4, 0.5) is 5.82 Å². The van der Waals surface area contributed by atoms with Gasteiger partial charge in [-0.2, -0.15) is 0 Å². The zero-order valence-corrected chi connectivity index (χ0v) is 11.2. The van der Waals surface area contributed by atoms with Gasteiger partial charge in [-0.3, -0.25) is 0 Å². The minimum absolute atomic E-state index is 0.437. The predicted molar refractivity (Wildman–Crippen MR) is 69.7 cm³/mol. The van der Waals surface area contributed by atoms with Crippen molar-refractivity contribution in [3.8, 4) is 0 Å². The van der Waals surface area contributed by atoms with Crippen LogP contribution in [-0.2, 0) is 0 Å². The molecule has 82 valence electrons. The van der Waals surface area contributed by atoms with Crippen LogP contribution < -0.4 is 5.73 Å². The Morgan fingerprint density at radius 1 is 1.19 bits per heavy atom. The highest BCUT2D eigenvalue weighted by Gasteiger charge is 2.07. The van der Waals surface area contributed by atoms with Crippen LogP contribution in [0.3, 0.4) is 0 Å². The Kier molecular flexibility index (Phi) is 3.68. The van der Waals surface area contributed by atoms with Crippen molar-refractivity contribution in [1.29, 1.82) is 0 Å². The Morgan fingerprint density at radius 3 is 2.56 bits per heavy atom. The molecule has 1 aromatic heterocycles. The number of halogens is 2. The summed E-state index contributed by atoms with van der Waals surface area (Å²) in [6.07, 6.45) is 1.44. The highest BCUT2D eigenvalue weighted by molar-refractivity contribution is 9.10. The first-order valence-electron chi connectivity index (χ1n) is 4.36. The molecule has 0 aliphatic carbocycles. The number of nitrogen functional groups attached to an aromatic ring is 1. The lowest BCUT2D eigenvalue weighted by Crippen LogP contribution is -1.94. The van der Waals surface area contributed by atoms with E-state index in [1.807, 2.05) is 24.3 Å². The molecule has 0 bridgehead atoms. The van der Waals surface area contributed by atoms with Gasteiger partial charge >= 0.3 is 0 Å². The quantitative estimate of drug-likeness (QED) is 0.860. The summed E-state index contributed by atoms with van der Waals surface area (Å²) in [6.45, 7) is 0. The van der Waals surface area contributed by atoms with Crippen molar-refractivity contribution in [1.82, 2.24) is 9.97 Å². The molecule has 0 saturated carbocycles. The fourth-order valence-corrected chi connectivity index (χ4v) is 2.41. The standard InChI is InChI=1S/C10H7BrClN3S/c11-8-9(13)14-5-15-10(8)16-7-3-1-6(12)2-4-7/h1-5H,(H2,13,14,15). The van der Waals surface area contributed by atoms with Crippen molar-refractivity contribution in [3.05, 3.63) is 40.1 Å². The molecule has 1 heterocycles. The monoisotopic (exact) mass is 315 g/mol.